The van der Waals surface area contributed by atoms with Gasteiger partial charge in [-0.1, -0.05) is 50.3 Å². The molecule has 1 aliphatic rings. The first-order valence-corrected chi connectivity index (χ1v) is 12.2. The number of aliphatic hydroxyl groups is 1. The zero-order chi connectivity index (χ0) is 24.8. The van der Waals surface area contributed by atoms with E-state index in [-0.39, 0.29) is 18.3 Å². The molecule has 1 aliphatic carbocycles. The average Bonchev–Trinajstić information content (AvgIpc) is 3.64. The molecule has 3 aromatic rings. The zero-order valence-corrected chi connectivity index (χ0v) is 20.4. The highest BCUT2D eigenvalue weighted by Gasteiger charge is 2.33. The first-order chi connectivity index (χ1) is 17.0. The second-order valence-electron chi connectivity index (χ2n) is 9.24. The molecule has 0 bridgehead atoms. The highest BCUT2D eigenvalue weighted by Crippen LogP contribution is 2.37. The summed E-state index contributed by atoms with van der Waals surface area (Å²) in [5, 5.41) is 15.5. The number of para-hydroxylation sites is 2. The second-order valence-corrected chi connectivity index (χ2v) is 9.24. The molecule has 0 saturated heterocycles. The maximum atomic E-state index is 14.6. The maximum absolute atomic E-state index is 14.6. The lowest BCUT2D eigenvalue weighted by atomic mass is 10.1. The van der Waals surface area contributed by atoms with Crippen LogP contribution in [0, 0.1) is 5.82 Å². The number of ether oxygens (including phenoxy) is 2. The quantitative estimate of drug-likeness (QED) is 0.261. The monoisotopic (exact) mass is 479 g/mol. The van der Waals surface area contributed by atoms with E-state index in [0.29, 0.717) is 31.6 Å². The van der Waals surface area contributed by atoms with Gasteiger partial charge in [-0.2, -0.15) is 5.10 Å². The smallest absolute Gasteiger partial charge is 0.227 e. The third kappa shape index (κ3) is 6.36. The fraction of sp³-hybridized carbons (Fsp3) is 0.393. The number of halogens is 1. The van der Waals surface area contributed by atoms with Gasteiger partial charge >= 0.3 is 0 Å². The highest BCUT2D eigenvalue weighted by atomic mass is 19.1. The molecule has 35 heavy (non-hydrogen) atoms. The Morgan fingerprint density at radius 3 is 2.54 bits per heavy atom. The summed E-state index contributed by atoms with van der Waals surface area (Å²) in [7, 11) is 0. The zero-order valence-electron chi connectivity index (χ0n) is 20.4. The summed E-state index contributed by atoms with van der Waals surface area (Å²) in [4.78, 5) is 2.26. The lowest BCUT2D eigenvalue weighted by Gasteiger charge is -2.25. The Kier molecular flexibility index (Phi) is 8.33. The van der Waals surface area contributed by atoms with Crippen LogP contribution in [0.15, 0.2) is 67.3 Å². The van der Waals surface area contributed by atoms with Gasteiger partial charge in [-0.25, -0.2) is 9.07 Å². The lowest BCUT2D eigenvalue weighted by molar-refractivity contribution is 0.0226. The molecule has 7 heteroatoms. The third-order valence-electron chi connectivity index (χ3n) is 5.97. The van der Waals surface area contributed by atoms with Crippen LogP contribution < -0.4 is 4.74 Å². The van der Waals surface area contributed by atoms with Gasteiger partial charge in [0.25, 0.3) is 0 Å². The molecule has 1 N–H and O–H groups in total. The predicted octanol–water partition coefficient (Wildman–Crippen LogP) is 5.46. The summed E-state index contributed by atoms with van der Waals surface area (Å²) in [6.45, 7) is 9.48. The van der Waals surface area contributed by atoms with Crippen LogP contribution in [0.1, 0.15) is 43.9 Å². The molecular formula is C28H34FN3O3. The van der Waals surface area contributed by atoms with Crippen LogP contribution in [0.4, 0.5) is 4.39 Å². The number of rotatable bonds is 13. The van der Waals surface area contributed by atoms with Crippen molar-refractivity contribution in [3.63, 3.8) is 0 Å². The van der Waals surface area contributed by atoms with Gasteiger partial charge in [-0.3, -0.25) is 4.90 Å². The maximum Gasteiger partial charge on any atom is 0.227 e. The summed E-state index contributed by atoms with van der Waals surface area (Å²) < 4.78 is 28.1. The fourth-order valence-electron chi connectivity index (χ4n) is 4.14. The first-order valence-electron chi connectivity index (χ1n) is 12.2. The summed E-state index contributed by atoms with van der Waals surface area (Å²) in [5.74, 6) is 0.337. The molecule has 1 heterocycles. The number of aliphatic hydroxyl groups excluding tert-OH is 1. The highest BCUT2D eigenvalue weighted by molar-refractivity contribution is 5.44. The van der Waals surface area contributed by atoms with Crippen molar-refractivity contribution in [3.05, 3.63) is 84.3 Å². The predicted molar refractivity (Wildman–Crippen MR) is 135 cm³/mol. The molecule has 0 spiro atoms. The van der Waals surface area contributed by atoms with E-state index in [9.17, 15) is 9.50 Å². The lowest BCUT2D eigenvalue weighted by Crippen LogP contribution is -2.36. The molecule has 1 aromatic heterocycles. The molecule has 0 amide bonds. The molecule has 1 fully saturated rings. The van der Waals surface area contributed by atoms with Crippen molar-refractivity contribution < 1.29 is 19.0 Å². The van der Waals surface area contributed by atoms with Crippen LogP contribution >= 0.6 is 0 Å². The fourth-order valence-corrected chi connectivity index (χ4v) is 4.14. The summed E-state index contributed by atoms with van der Waals surface area (Å²) in [6, 6.07) is 16.5. The van der Waals surface area contributed by atoms with Crippen molar-refractivity contribution in [2.45, 2.75) is 51.3 Å². The minimum atomic E-state index is -0.627. The number of aromatic nitrogens is 2. The Balaban J connectivity index is 1.71. The van der Waals surface area contributed by atoms with Crippen molar-refractivity contribution in [2.24, 2.45) is 0 Å². The normalized spacial score (nSPS) is 14.5. The van der Waals surface area contributed by atoms with E-state index in [1.54, 1.807) is 29.0 Å². The molecule has 0 aliphatic heterocycles. The van der Waals surface area contributed by atoms with E-state index in [0.717, 1.165) is 29.8 Å². The first kappa shape index (κ1) is 25.1. The van der Waals surface area contributed by atoms with Gasteiger partial charge in [-0.15, -0.1) is 6.58 Å². The van der Waals surface area contributed by atoms with Crippen LogP contribution in [0.5, 0.6) is 11.6 Å². The molecular weight excluding hydrogens is 445 g/mol. The van der Waals surface area contributed by atoms with Crippen LogP contribution in [0.25, 0.3) is 5.69 Å². The molecule has 0 radical (unpaired) electrons. The largest absolute Gasteiger partial charge is 0.435 e. The number of hydrogen-bond donors (Lipinski definition) is 1. The standard InChI is InChI=1S/C28H34FN3O3/c1-4-16-34-19-23(33)17-31(21-14-15-21)18-24-27(20(2)3)30-32(22-10-6-5-7-11-22)28(24)35-26-13-9-8-12-25(26)29/h4-13,20-21,23,33H,1,14-19H2,2-3H3. The minimum Gasteiger partial charge on any atom is -0.435 e. The van der Waals surface area contributed by atoms with Gasteiger partial charge in [0, 0.05) is 19.1 Å². The molecule has 2 aromatic carbocycles. The van der Waals surface area contributed by atoms with E-state index in [1.807, 2.05) is 30.3 Å². The van der Waals surface area contributed by atoms with Gasteiger partial charge in [0.1, 0.15) is 0 Å². The second kappa shape index (κ2) is 11.6. The summed E-state index contributed by atoms with van der Waals surface area (Å²) >= 11 is 0. The molecule has 1 saturated carbocycles. The Morgan fingerprint density at radius 1 is 1.17 bits per heavy atom. The Hall–Kier alpha value is -3.00. The van der Waals surface area contributed by atoms with Gasteiger partial charge < -0.3 is 14.6 Å². The minimum absolute atomic E-state index is 0.125. The van der Waals surface area contributed by atoms with Crippen LogP contribution in [0.2, 0.25) is 0 Å². The van der Waals surface area contributed by atoms with E-state index in [4.69, 9.17) is 14.6 Å². The van der Waals surface area contributed by atoms with Crippen molar-refractivity contribution in [3.8, 4) is 17.3 Å². The summed E-state index contributed by atoms with van der Waals surface area (Å²) in [5.41, 5.74) is 2.63. The van der Waals surface area contributed by atoms with E-state index >= 15 is 0 Å². The van der Waals surface area contributed by atoms with E-state index in [2.05, 4.69) is 25.3 Å². The number of benzene rings is 2. The Labute approximate surface area is 206 Å². The number of nitrogens with zero attached hydrogens (tertiary/aromatic N) is 3. The molecule has 1 atom stereocenters. The van der Waals surface area contributed by atoms with Crippen LogP contribution in [-0.4, -0.2) is 51.7 Å². The molecule has 1 unspecified atom stereocenters. The van der Waals surface area contributed by atoms with Crippen molar-refractivity contribution >= 4 is 0 Å². The Morgan fingerprint density at radius 2 is 1.89 bits per heavy atom. The van der Waals surface area contributed by atoms with Gasteiger partial charge in [0.15, 0.2) is 11.6 Å². The summed E-state index contributed by atoms with van der Waals surface area (Å²) in [6.07, 6.45) is 3.20. The number of hydrogen-bond acceptors (Lipinski definition) is 5. The topological polar surface area (TPSA) is 59.8 Å². The SMILES string of the molecule is C=CCOCC(O)CN(Cc1c(C(C)C)nn(-c2ccccc2)c1Oc1ccccc1F)C1CC1. The molecule has 186 valence electrons. The average molecular weight is 480 g/mol. The Bertz CT molecular complexity index is 1110. The van der Waals surface area contributed by atoms with Crippen molar-refractivity contribution in [2.75, 3.05) is 19.8 Å². The van der Waals surface area contributed by atoms with Crippen molar-refractivity contribution in [1.29, 1.82) is 0 Å². The van der Waals surface area contributed by atoms with Gasteiger partial charge in [-0.05, 0) is 43.0 Å². The third-order valence-corrected chi connectivity index (χ3v) is 5.97. The van der Waals surface area contributed by atoms with Gasteiger partial charge in [0.05, 0.1) is 36.3 Å². The van der Waals surface area contributed by atoms with Crippen LogP contribution in [-0.2, 0) is 11.3 Å². The molecule has 4 rings (SSSR count). The van der Waals surface area contributed by atoms with E-state index in [1.165, 1.54) is 6.07 Å². The van der Waals surface area contributed by atoms with Crippen molar-refractivity contribution in [1.82, 2.24) is 14.7 Å². The van der Waals surface area contributed by atoms with Gasteiger partial charge in [0.2, 0.25) is 5.88 Å². The van der Waals surface area contributed by atoms with E-state index < -0.39 is 11.9 Å². The molecule has 6 nitrogen and oxygen atoms in total. The van der Waals surface area contributed by atoms with Crippen LogP contribution in [0.3, 0.4) is 0 Å².